The third-order valence-electron chi connectivity index (χ3n) is 4.44. The maximum atomic E-state index is 12.4. The lowest BCUT2D eigenvalue weighted by Crippen LogP contribution is -2.29. The smallest absolute Gasteiger partial charge is 0.260 e. The summed E-state index contributed by atoms with van der Waals surface area (Å²) in [4.78, 5) is 29.0. The molecule has 0 radical (unpaired) electrons. The molecule has 1 unspecified atom stereocenters. The average Bonchev–Trinajstić information content (AvgIpc) is 3.29. The van der Waals surface area contributed by atoms with Crippen LogP contribution in [0.4, 0.5) is 5.13 Å². The van der Waals surface area contributed by atoms with Crippen molar-refractivity contribution >= 4 is 28.3 Å². The summed E-state index contributed by atoms with van der Waals surface area (Å²) < 4.78 is 5.14. The first-order valence-corrected chi connectivity index (χ1v) is 10.00. The molecule has 2 amide bonds. The number of anilines is 1. The first-order valence-electron chi connectivity index (χ1n) is 9.12. The van der Waals surface area contributed by atoms with Crippen molar-refractivity contribution in [1.29, 1.82) is 0 Å². The molecule has 0 saturated heterocycles. The number of hydrogen-bond acceptors (Lipinski definition) is 5. The topological polar surface area (TPSA) is 84.2 Å². The number of aromatic nitrogens is 1. The second-order valence-corrected chi connectivity index (χ2v) is 7.46. The minimum absolute atomic E-state index is 0.0324. The highest BCUT2D eigenvalue weighted by molar-refractivity contribution is 7.14. The Morgan fingerprint density at radius 2 is 1.93 bits per heavy atom. The summed E-state index contributed by atoms with van der Waals surface area (Å²) >= 11 is 1.29. The fraction of sp³-hybridized carbons (Fsp3) is 0.286. The van der Waals surface area contributed by atoms with Crippen molar-refractivity contribution in [2.75, 3.05) is 5.32 Å². The van der Waals surface area contributed by atoms with Crippen LogP contribution in [-0.2, 0) is 11.2 Å². The summed E-state index contributed by atoms with van der Waals surface area (Å²) in [5.41, 5.74) is 3.37. The molecular weight excluding hydrogens is 374 g/mol. The molecule has 3 aromatic rings. The largest absolute Gasteiger partial charge is 0.469 e. The van der Waals surface area contributed by atoms with E-state index in [2.05, 4.69) is 15.6 Å². The van der Waals surface area contributed by atoms with E-state index < -0.39 is 0 Å². The molecule has 2 heterocycles. The number of nitrogens with zero attached hydrogens (tertiary/aromatic N) is 1. The summed E-state index contributed by atoms with van der Waals surface area (Å²) in [6.45, 7) is 5.81. The lowest BCUT2D eigenvalue weighted by atomic mass is 10.0. The van der Waals surface area contributed by atoms with Crippen LogP contribution in [0.25, 0.3) is 0 Å². The van der Waals surface area contributed by atoms with Gasteiger partial charge in [-0.25, -0.2) is 4.98 Å². The Labute approximate surface area is 168 Å². The molecule has 3 rings (SSSR count). The van der Waals surface area contributed by atoms with Crippen LogP contribution >= 0.6 is 11.3 Å². The van der Waals surface area contributed by atoms with Gasteiger partial charge in [0.1, 0.15) is 5.76 Å². The highest BCUT2D eigenvalue weighted by atomic mass is 32.1. The minimum Gasteiger partial charge on any atom is -0.469 e. The lowest BCUT2D eigenvalue weighted by molar-refractivity contribution is -0.121. The van der Waals surface area contributed by atoms with Gasteiger partial charge >= 0.3 is 0 Å². The highest BCUT2D eigenvalue weighted by Gasteiger charge is 2.16. The van der Waals surface area contributed by atoms with Crippen molar-refractivity contribution in [3.63, 3.8) is 0 Å². The molecule has 0 saturated carbocycles. The number of rotatable bonds is 7. The van der Waals surface area contributed by atoms with Crippen LogP contribution in [0.2, 0.25) is 0 Å². The predicted molar refractivity (Wildman–Crippen MR) is 110 cm³/mol. The van der Waals surface area contributed by atoms with E-state index in [0.29, 0.717) is 22.1 Å². The van der Waals surface area contributed by atoms with Gasteiger partial charge < -0.3 is 9.73 Å². The molecule has 0 aliphatic rings. The summed E-state index contributed by atoms with van der Waals surface area (Å²) in [6.07, 6.45) is 2.44. The predicted octanol–water partition coefficient (Wildman–Crippen LogP) is 4.42. The molecule has 0 fully saturated rings. The van der Waals surface area contributed by atoms with Crippen molar-refractivity contribution in [1.82, 2.24) is 10.3 Å². The fourth-order valence-electron chi connectivity index (χ4n) is 2.86. The molecular formula is C21H23N3O3S. The van der Waals surface area contributed by atoms with Crippen molar-refractivity contribution in [2.45, 2.75) is 39.7 Å². The number of amides is 2. The van der Waals surface area contributed by atoms with E-state index in [1.807, 2.05) is 38.1 Å². The Hall–Kier alpha value is -2.93. The first kappa shape index (κ1) is 19.8. The van der Waals surface area contributed by atoms with Gasteiger partial charge in [0, 0.05) is 5.38 Å². The van der Waals surface area contributed by atoms with E-state index in [1.165, 1.54) is 23.2 Å². The Morgan fingerprint density at radius 3 is 2.57 bits per heavy atom. The zero-order valence-electron chi connectivity index (χ0n) is 16.1. The number of aryl methyl sites for hydroxylation is 2. The summed E-state index contributed by atoms with van der Waals surface area (Å²) in [5.74, 6) is 0.179. The van der Waals surface area contributed by atoms with Crippen LogP contribution in [-0.4, -0.2) is 16.8 Å². The SMILES string of the molecule is CCC(NC(=O)Cc1csc(NC(=O)c2ccoc2C)n1)c1ccc(C)cc1. The molecule has 0 aliphatic heterocycles. The third-order valence-corrected chi connectivity index (χ3v) is 5.25. The second-order valence-electron chi connectivity index (χ2n) is 6.60. The number of benzene rings is 1. The summed E-state index contributed by atoms with van der Waals surface area (Å²) in [7, 11) is 0. The van der Waals surface area contributed by atoms with Crippen LogP contribution in [0, 0.1) is 13.8 Å². The van der Waals surface area contributed by atoms with Gasteiger partial charge in [0.2, 0.25) is 5.91 Å². The molecule has 2 N–H and O–H groups in total. The van der Waals surface area contributed by atoms with Crippen LogP contribution in [0.5, 0.6) is 0 Å². The summed E-state index contributed by atoms with van der Waals surface area (Å²) in [5, 5.41) is 8.03. The standard InChI is InChI=1S/C21H23N3O3S/c1-4-18(15-7-5-13(2)6-8-15)23-19(25)11-16-12-28-21(22-16)24-20(26)17-9-10-27-14(17)3/h5-10,12,18H,4,11H2,1-3H3,(H,23,25)(H,22,24,26). The normalized spacial score (nSPS) is 11.8. The van der Waals surface area contributed by atoms with Gasteiger partial charge in [-0.3, -0.25) is 14.9 Å². The van der Waals surface area contributed by atoms with Crippen molar-refractivity contribution in [2.24, 2.45) is 0 Å². The van der Waals surface area contributed by atoms with Gasteiger partial charge in [0.25, 0.3) is 5.91 Å². The van der Waals surface area contributed by atoms with Crippen LogP contribution in [0.1, 0.15) is 52.3 Å². The molecule has 6 nitrogen and oxygen atoms in total. The summed E-state index contributed by atoms with van der Waals surface area (Å²) in [6, 6.07) is 9.75. The van der Waals surface area contributed by atoms with E-state index in [-0.39, 0.29) is 24.3 Å². The molecule has 0 spiro atoms. The van der Waals surface area contributed by atoms with Gasteiger partial charge in [-0.05, 0) is 31.9 Å². The molecule has 1 aromatic carbocycles. The van der Waals surface area contributed by atoms with E-state index in [1.54, 1.807) is 18.4 Å². The Kier molecular flexibility index (Phi) is 6.26. The number of carbonyl (C=O) groups excluding carboxylic acids is 2. The van der Waals surface area contributed by atoms with E-state index in [9.17, 15) is 9.59 Å². The van der Waals surface area contributed by atoms with Crippen molar-refractivity contribution < 1.29 is 14.0 Å². The van der Waals surface area contributed by atoms with Gasteiger partial charge in [-0.1, -0.05) is 36.8 Å². The molecule has 1 atom stereocenters. The van der Waals surface area contributed by atoms with Gasteiger partial charge in [-0.2, -0.15) is 0 Å². The quantitative estimate of drug-likeness (QED) is 0.618. The zero-order valence-corrected chi connectivity index (χ0v) is 16.9. The van der Waals surface area contributed by atoms with Crippen molar-refractivity contribution in [3.8, 4) is 0 Å². The lowest BCUT2D eigenvalue weighted by Gasteiger charge is -2.17. The fourth-order valence-corrected chi connectivity index (χ4v) is 3.57. The first-order chi connectivity index (χ1) is 13.5. The minimum atomic E-state index is -0.276. The molecule has 28 heavy (non-hydrogen) atoms. The number of thiazole rings is 1. The highest BCUT2D eigenvalue weighted by Crippen LogP contribution is 2.20. The number of furan rings is 1. The number of nitrogens with one attached hydrogen (secondary N) is 2. The van der Waals surface area contributed by atoms with E-state index >= 15 is 0 Å². The molecule has 7 heteroatoms. The second kappa shape index (κ2) is 8.84. The van der Waals surface area contributed by atoms with Gasteiger partial charge in [-0.15, -0.1) is 11.3 Å². The van der Waals surface area contributed by atoms with E-state index in [0.717, 1.165) is 12.0 Å². The van der Waals surface area contributed by atoms with Crippen LogP contribution in [0.3, 0.4) is 0 Å². The molecule has 0 bridgehead atoms. The number of hydrogen-bond donors (Lipinski definition) is 2. The Balaban J connectivity index is 1.58. The Bertz CT molecular complexity index is 959. The maximum absolute atomic E-state index is 12.4. The third kappa shape index (κ3) is 4.86. The molecule has 2 aromatic heterocycles. The number of carbonyl (C=O) groups is 2. The molecule has 146 valence electrons. The van der Waals surface area contributed by atoms with Crippen LogP contribution in [0.15, 0.2) is 46.4 Å². The Morgan fingerprint density at radius 1 is 1.18 bits per heavy atom. The monoisotopic (exact) mass is 397 g/mol. The average molecular weight is 398 g/mol. The van der Waals surface area contributed by atoms with Crippen LogP contribution < -0.4 is 10.6 Å². The van der Waals surface area contributed by atoms with E-state index in [4.69, 9.17) is 4.42 Å². The zero-order chi connectivity index (χ0) is 20.1. The van der Waals surface area contributed by atoms with Gasteiger partial charge in [0.15, 0.2) is 5.13 Å². The van der Waals surface area contributed by atoms with Crippen molar-refractivity contribution in [3.05, 3.63) is 70.1 Å². The maximum Gasteiger partial charge on any atom is 0.260 e. The van der Waals surface area contributed by atoms with Gasteiger partial charge in [0.05, 0.1) is 30.0 Å². The molecule has 0 aliphatic carbocycles.